The van der Waals surface area contributed by atoms with E-state index in [0.717, 1.165) is 24.3 Å². The molecule has 3 nitrogen and oxygen atoms in total. The average Bonchev–Trinajstić information content (AvgIpc) is 2.81. The molecule has 0 amide bonds. The van der Waals surface area contributed by atoms with Gasteiger partial charge in [0.05, 0.1) is 11.4 Å². The number of hydrogen-bond donors (Lipinski definition) is 1. The van der Waals surface area contributed by atoms with Crippen molar-refractivity contribution in [2.75, 3.05) is 5.32 Å². The van der Waals surface area contributed by atoms with Crippen molar-refractivity contribution in [3.63, 3.8) is 0 Å². The minimum absolute atomic E-state index is 0.891. The summed E-state index contributed by atoms with van der Waals surface area (Å²) in [6.07, 6.45) is 3.01. The summed E-state index contributed by atoms with van der Waals surface area (Å²) in [6.45, 7) is 5.17. The van der Waals surface area contributed by atoms with Crippen molar-refractivity contribution < 1.29 is 0 Å². The lowest BCUT2D eigenvalue weighted by molar-refractivity contribution is 0.746. The lowest BCUT2D eigenvalue weighted by Gasteiger charge is -2.04. The van der Waals surface area contributed by atoms with Gasteiger partial charge in [0.15, 0.2) is 0 Å². The van der Waals surface area contributed by atoms with Crippen LogP contribution >= 0.6 is 11.3 Å². The average molecular weight is 235 g/mol. The van der Waals surface area contributed by atoms with E-state index in [9.17, 15) is 0 Å². The van der Waals surface area contributed by atoms with E-state index in [1.807, 2.05) is 17.9 Å². The Bertz CT molecular complexity index is 470. The van der Waals surface area contributed by atoms with E-state index in [0.29, 0.717) is 0 Å². The third-order valence-corrected chi connectivity index (χ3v) is 3.67. The third kappa shape index (κ3) is 2.27. The monoisotopic (exact) mass is 235 g/mol. The molecular weight excluding hydrogens is 218 g/mol. The Morgan fingerprint density at radius 2 is 2.31 bits per heavy atom. The van der Waals surface area contributed by atoms with E-state index < -0.39 is 0 Å². The smallest absolute Gasteiger partial charge is 0.0853 e. The van der Waals surface area contributed by atoms with E-state index >= 15 is 0 Å². The van der Waals surface area contributed by atoms with Crippen LogP contribution in [0.2, 0.25) is 0 Å². The molecule has 0 aliphatic carbocycles. The summed E-state index contributed by atoms with van der Waals surface area (Å²) in [7, 11) is 1.96. The Kier molecular flexibility index (Phi) is 3.29. The Morgan fingerprint density at radius 1 is 1.50 bits per heavy atom. The van der Waals surface area contributed by atoms with Crippen molar-refractivity contribution in [3.05, 3.63) is 33.8 Å². The van der Waals surface area contributed by atoms with Crippen LogP contribution < -0.4 is 5.32 Å². The topological polar surface area (TPSA) is 29.9 Å². The SMILES string of the molecule is CCc1nn(C)cc1NCc1sccc1C. The summed E-state index contributed by atoms with van der Waals surface area (Å²) >= 11 is 1.80. The summed E-state index contributed by atoms with van der Waals surface area (Å²) in [5, 5.41) is 10.00. The number of nitrogens with zero attached hydrogens (tertiary/aromatic N) is 2. The lowest BCUT2D eigenvalue weighted by Crippen LogP contribution is -2.00. The number of aromatic nitrogens is 2. The van der Waals surface area contributed by atoms with Gasteiger partial charge in [-0.2, -0.15) is 5.10 Å². The van der Waals surface area contributed by atoms with Crippen LogP contribution in [0, 0.1) is 6.92 Å². The fourth-order valence-corrected chi connectivity index (χ4v) is 2.55. The molecular formula is C12H17N3S. The fourth-order valence-electron chi connectivity index (χ4n) is 1.70. The van der Waals surface area contributed by atoms with Gasteiger partial charge in [-0.1, -0.05) is 6.92 Å². The second-order valence-electron chi connectivity index (χ2n) is 3.90. The highest BCUT2D eigenvalue weighted by molar-refractivity contribution is 7.10. The number of rotatable bonds is 4. The number of nitrogens with one attached hydrogen (secondary N) is 1. The molecule has 0 fully saturated rings. The molecule has 0 aliphatic heterocycles. The standard InChI is InChI=1S/C12H17N3S/c1-4-10-11(8-15(3)14-10)13-7-12-9(2)5-6-16-12/h5-6,8,13H,4,7H2,1-3H3. The van der Waals surface area contributed by atoms with Crippen molar-refractivity contribution in [2.45, 2.75) is 26.8 Å². The molecule has 2 aromatic rings. The highest BCUT2D eigenvalue weighted by atomic mass is 32.1. The Balaban J connectivity index is 2.07. The summed E-state index contributed by atoms with van der Waals surface area (Å²) in [4.78, 5) is 1.39. The first-order valence-electron chi connectivity index (χ1n) is 5.50. The predicted molar refractivity (Wildman–Crippen MR) is 69.0 cm³/mol. The van der Waals surface area contributed by atoms with Crippen LogP contribution in [0.25, 0.3) is 0 Å². The molecule has 0 aliphatic rings. The molecule has 0 saturated heterocycles. The van der Waals surface area contributed by atoms with Crippen molar-refractivity contribution in [3.8, 4) is 0 Å². The van der Waals surface area contributed by atoms with Crippen molar-refractivity contribution in [2.24, 2.45) is 7.05 Å². The van der Waals surface area contributed by atoms with Gasteiger partial charge >= 0.3 is 0 Å². The van der Waals surface area contributed by atoms with Crippen molar-refractivity contribution >= 4 is 17.0 Å². The first-order chi connectivity index (χ1) is 7.70. The molecule has 0 bridgehead atoms. The van der Waals surface area contributed by atoms with Gasteiger partial charge in [-0.3, -0.25) is 4.68 Å². The van der Waals surface area contributed by atoms with Crippen LogP contribution in [-0.2, 0) is 20.0 Å². The molecule has 0 atom stereocenters. The fraction of sp³-hybridized carbons (Fsp3) is 0.417. The third-order valence-electron chi connectivity index (χ3n) is 2.65. The summed E-state index contributed by atoms with van der Waals surface area (Å²) in [6, 6.07) is 2.16. The van der Waals surface area contributed by atoms with Crippen LogP contribution in [0.3, 0.4) is 0 Å². The molecule has 86 valence electrons. The molecule has 1 N–H and O–H groups in total. The van der Waals surface area contributed by atoms with E-state index in [-0.39, 0.29) is 0 Å². The number of thiophene rings is 1. The van der Waals surface area contributed by atoms with Gasteiger partial charge < -0.3 is 5.32 Å². The quantitative estimate of drug-likeness (QED) is 0.883. The zero-order valence-electron chi connectivity index (χ0n) is 9.95. The van der Waals surface area contributed by atoms with Crippen molar-refractivity contribution in [1.29, 1.82) is 0 Å². The molecule has 0 radical (unpaired) electrons. The van der Waals surface area contributed by atoms with E-state index in [1.165, 1.54) is 10.4 Å². The first kappa shape index (κ1) is 11.2. The molecule has 0 spiro atoms. The maximum absolute atomic E-state index is 4.41. The summed E-state index contributed by atoms with van der Waals surface area (Å²) in [5.41, 5.74) is 3.65. The maximum atomic E-state index is 4.41. The molecule has 4 heteroatoms. The Morgan fingerprint density at radius 3 is 2.94 bits per heavy atom. The zero-order valence-corrected chi connectivity index (χ0v) is 10.8. The second-order valence-corrected chi connectivity index (χ2v) is 4.90. The largest absolute Gasteiger partial charge is 0.377 e. The molecule has 0 saturated carbocycles. The molecule has 0 aromatic carbocycles. The van der Waals surface area contributed by atoms with Crippen molar-refractivity contribution in [1.82, 2.24) is 9.78 Å². The van der Waals surface area contributed by atoms with E-state index in [1.54, 1.807) is 11.3 Å². The van der Waals surface area contributed by atoms with Gasteiger partial charge in [-0.05, 0) is 30.4 Å². The maximum Gasteiger partial charge on any atom is 0.0853 e. The normalized spacial score (nSPS) is 10.7. The zero-order chi connectivity index (χ0) is 11.5. The molecule has 2 heterocycles. The number of aryl methyl sites for hydroxylation is 3. The predicted octanol–water partition coefficient (Wildman–Crippen LogP) is 2.96. The van der Waals surface area contributed by atoms with Gasteiger partial charge in [0.1, 0.15) is 0 Å². The van der Waals surface area contributed by atoms with Crippen LogP contribution in [0.1, 0.15) is 23.1 Å². The molecule has 16 heavy (non-hydrogen) atoms. The molecule has 2 aromatic heterocycles. The van der Waals surface area contributed by atoms with Crippen LogP contribution in [-0.4, -0.2) is 9.78 Å². The number of hydrogen-bond acceptors (Lipinski definition) is 3. The van der Waals surface area contributed by atoms with Gasteiger partial charge in [0.25, 0.3) is 0 Å². The molecule has 2 rings (SSSR count). The molecule has 0 unspecified atom stereocenters. The second kappa shape index (κ2) is 4.70. The highest BCUT2D eigenvalue weighted by Crippen LogP contribution is 2.19. The minimum atomic E-state index is 0.891. The van der Waals surface area contributed by atoms with Gasteiger partial charge in [0.2, 0.25) is 0 Å². The Labute approximate surface area is 100 Å². The van der Waals surface area contributed by atoms with Crippen LogP contribution in [0.5, 0.6) is 0 Å². The van der Waals surface area contributed by atoms with Gasteiger partial charge in [-0.15, -0.1) is 11.3 Å². The van der Waals surface area contributed by atoms with Gasteiger partial charge in [-0.25, -0.2) is 0 Å². The summed E-state index contributed by atoms with van der Waals surface area (Å²) in [5.74, 6) is 0. The summed E-state index contributed by atoms with van der Waals surface area (Å²) < 4.78 is 1.86. The number of anilines is 1. The van der Waals surface area contributed by atoms with E-state index in [4.69, 9.17) is 0 Å². The Hall–Kier alpha value is -1.29. The highest BCUT2D eigenvalue weighted by Gasteiger charge is 2.06. The minimum Gasteiger partial charge on any atom is -0.377 e. The van der Waals surface area contributed by atoms with Crippen LogP contribution in [0.4, 0.5) is 5.69 Å². The lowest BCUT2D eigenvalue weighted by atomic mass is 10.2. The first-order valence-corrected chi connectivity index (χ1v) is 6.38. The van der Waals surface area contributed by atoms with E-state index in [2.05, 4.69) is 35.7 Å². The van der Waals surface area contributed by atoms with Gasteiger partial charge in [0, 0.05) is 24.7 Å². The van der Waals surface area contributed by atoms with Crippen LogP contribution in [0.15, 0.2) is 17.6 Å².